The average Bonchev–Trinajstić information content (AvgIpc) is 4.01. The lowest BCUT2D eigenvalue weighted by Crippen LogP contribution is -2.01. The molecule has 0 aliphatic rings. The second kappa shape index (κ2) is 11.6. The van der Waals surface area contributed by atoms with E-state index < -0.39 is 0 Å². The maximum Gasteiger partial charge on any atom is 0.164 e. The van der Waals surface area contributed by atoms with Gasteiger partial charge in [-0.25, -0.2) is 15.0 Å². The summed E-state index contributed by atoms with van der Waals surface area (Å²) in [5.74, 6) is 1.95. The summed E-state index contributed by atoms with van der Waals surface area (Å²) in [6.45, 7) is 0. The Balaban J connectivity index is 1.15. The number of aromatic nitrogens is 5. The minimum Gasteiger partial charge on any atom is -0.309 e. The first kappa shape index (κ1) is 30.9. The van der Waals surface area contributed by atoms with Gasteiger partial charge in [-0.2, -0.15) is 0 Å². The molecule has 0 N–H and O–H groups in total. The molecule has 0 aliphatic carbocycles. The van der Waals surface area contributed by atoms with Gasteiger partial charge >= 0.3 is 0 Å². The normalized spacial score (nSPS) is 12.2. The number of rotatable bonds is 4. The molecule has 0 atom stereocenters. The van der Waals surface area contributed by atoms with Crippen molar-refractivity contribution < 1.29 is 0 Å². The number of hydrogen-bond donors (Lipinski definition) is 0. The van der Waals surface area contributed by atoms with Crippen LogP contribution in [0.4, 0.5) is 0 Å². The van der Waals surface area contributed by atoms with E-state index in [9.17, 15) is 0 Å². The van der Waals surface area contributed by atoms with E-state index in [1.807, 2.05) is 47.7 Å². The quantitative estimate of drug-likeness (QED) is 0.180. The molecule has 0 amide bonds. The van der Waals surface area contributed by atoms with Crippen LogP contribution in [0.1, 0.15) is 0 Å². The average molecular weight is 744 g/mol. The molecule has 0 spiro atoms. The molecule has 13 aromatic rings. The first-order chi connectivity index (χ1) is 28.3. The highest BCUT2D eigenvalue weighted by Gasteiger charge is 2.23. The maximum atomic E-state index is 5.27. The predicted octanol–water partition coefficient (Wildman–Crippen LogP) is 13.5. The minimum atomic E-state index is 0.648. The van der Waals surface area contributed by atoms with Gasteiger partial charge in [0.1, 0.15) is 0 Å². The maximum absolute atomic E-state index is 5.27. The Morgan fingerprint density at radius 3 is 1.67 bits per heavy atom. The van der Waals surface area contributed by atoms with Crippen molar-refractivity contribution in [1.82, 2.24) is 23.9 Å². The molecule has 0 bridgehead atoms. The smallest absolute Gasteiger partial charge is 0.164 e. The molecular formula is C51H29N5S. The van der Waals surface area contributed by atoms with Crippen LogP contribution in [0.5, 0.6) is 0 Å². The van der Waals surface area contributed by atoms with Crippen LogP contribution in [-0.2, 0) is 0 Å². The molecule has 6 heteroatoms. The van der Waals surface area contributed by atoms with Gasteiger partial charge in [-0.05, 0) is 42.5 Å². The number of para-hydroxylation sites is 3. The number of thiophene rings is 1. The Kier molecular flexibility index (Phi) is 6.26. The number of hydrogen-bond acceptors (Lipinski definition) is 4. The van der Waals surface area contributed by atoms with Crippen molar-refractivity contribution in [3.05, 3.63) is 176 Å². The highest BCUT2D eigenvalue weighted by molar-refractivity contribution is 7.26. The third-order valence-electron chi connectivity index (χ3n) is 11.7. The summed E-state index contributed by atoms with van der Waals surface area (Å²) in [5.41, 5.74) is 9.98. The van der Waals surface area contributed by atoms with Crippen molar-refractivity contribution in [3.8, 4) is 39.9 Å². The van der Waals surface area contributed by atoms with Gasteiger partial charge in [0.25, 0.3) is 0 Å². The molecule has 264 valence electrons. The molecule has 0 aliphatic heterocycles. The molecule has 0 saturated carbocycles. The van der Waals surface area contributed by atoms with Crippen LogP contribution in [0, 0.1) is 0 Å². The molecule has 5 heterocycles. The summed E-state index contributed by atoms with van der Waals surface area (Å²) in [6.07, 6.45) is 0. The lowest BCUT2D eigenvalue weighted by Gasteiger charge is -2.13. The van der Waals surface area contributed by atoms with Gasteiger partial charge in [0.05, 0.1) is 27.6 Å². The number of benzene rings is 8. The Morgan fingerprint density at radius 1 is 0.368 bits per heavy atom. The van der Waals surface area contributed by atoms with Gasteiger partial charge in [-0.3, -0.25) is 0 Å². The Hall–Kier alpha value is -7.41. The van der Waals surface area contributed by atoms with Crippen molar-refractivity contribution in [3.63, 3.8) is 0 Å². The van der Waals surface area contributed by atoms with Crippen LogP contribution in [0.3, 0.4) is 0 Å². The van der Waals surface area contributed by atoms with Gasteiger partial charge < -0.3 is 8.97 Å². The molecular weight excluding hydrogens is 715 g/mol. The summed E-state index contributed by atoms with van der Waals surface area (Å²) >= 11 is 1.82. The van der Waals surface area contributed by atoms with E-state index in [-0.39, 0.29) is 0 Å². The van der Waals surface area contributed by atoms with Crippen molar-refractivity contribution in [2.24, 2.45) is 0 Å². The lowest BCUT2D eigenvalue weighted by molar-refractivity contribution is 1.07. The molecule has 0 unspecified atom stereocenters. The van der Waals surface area contributed by atoms with Crippen molar-refractivity contribution >= 4 is 91.4 Å². The van der Waals surface area contributed by atoms with Gasteiger partial charge in [-0.15, -0.1) is 11.3 Å². The molecule has 57 heavy (non-hydrogen) atoms. The van der Waals surface area contributed by atoms with Crippen LogP contribution in [0.25, 0.3) is 120 Å². The summed E-state index contributed by atoms with van der Waals surface area (Å²) in [5, 5.41) is 9.92. The largest absolute Gasteiger partial charge is 0.309 e. The Bertz CT molecular complexity index is 3690. The highest BCUT2D eigenvalue weighted by Crippen LogP contribution is 2.45. The van der Waals surface area contributed by atoms with Gasteiger partial charge in [0, 0.05) is 74.9 Å². The zero-order valence-corrected chi connectivity index (χ0v) is 31.2. The van der Waals surface area contributed by atoms with Crippen LogP contribution in [0.2, 0.25) is 0 Å². The standard InChI is InChI=1S/C51H29N5S/c1-3-14-30(15-4-1)49-52-50(31-16-5-2-6-17-31)54-51(53-49)40-26-32(27-46-47(40)37-20-9-12-25-45(37)57-46)55-41-23-10-8-19-34(41)38-28-39-36-22-13-21-35-33-18-7-11-24-42(33)56(48(35)36)44(39)29-43(38)55/h1-29H. The van der Waals surface area contributed by atoms with Crippen LogP contribution >= 0.6 is 11.3 Å². The predicted molar refractivity (Wildman–Crippen MR) is 238 cm³/mol. The van der Waals surface area contributed by atoms with Crippen LogP contribution in [-0.4, -0.2) is 23.9 Å². The van der Waals surface area contributed by atoms with Gasteiger partial charge in [0.2, 0.25) is 0 Å². The molecule has 0 fully saturated rings. The van der Waals surface area contributed by atoms with E-state index in [0.29, 0.717) is 17.5 Å². The third-order valence-corrected chi connectivity index (χ3v) is 12.8. The second-order valence-electron chi connectivity index (χ2n) is 14.8. The van der Waals surface area contributed by atoms with Gasteiger partial charge in [-0.1, -0.05) is 133 Å². The fourth-order valence-electron chi connectivity index (χ4n) is 9.24. The fourth-order valence-corrected chi connectivity index (χ4v) is 10.4. The van der Waals surface area contributed by atoms with Crippen molar-refractivity contribution in [2.45, 2.75) is 0 Å². The summed E-state index contributed by atoms with van der Waals surface area (Å²) in [7, 11) is 0. The van der Waals surface area contributed by atoms with Crippen LogP contribution in [0.15, 0.2) is 176 Å². The number of fused-ring (bicyclic) bond motifs is 12. The minimum absolute atomic E-state index is 0.648. The fraction of sp³-hybridized carbons (Fsp3) is 0. The first-order valence-corrected chi connectivity index (χ1v) is 20.0. The highest BCUT2D eigenvalue weighted by atomic mass is 32.1. The van der Waals surface area contributed by atoms with Crippen molar-refractivity contribution in [1.29, 1.82) is 0 Å². The first-order valence-electron chi connectivity index (χ1n) is 19.2. The molecule has 5 aromatic heterocycles. The van der Waals surface area contributed by atoms with Crippen LogP contribution < -0.4 is 0 Å². The molecule has 13 rings (SSSR count). The summed E-state index contributed by atoms with van der Waals surface area (Å²) in [6, 6.07) is 62.9. The number of nitrogens with zero attached hydrogens (tertiary/aromatic N) is 5. The summed E-state index contributed by atoms with van der Waals surface area (Å²) in [4.78, 5) is 15.6. The van der Waals surface area contributed by atoms with E-state index in [0.717, 1.165) is 38.8 Å². The monoisotopic (exact) mass is 743 g/mol. The van der Waals surface area contributed by atoms with Crippen molar-refractivity contribution in [2.75, 3.05) is 0 Å². The molecule has 0 radical (unpaired) electrons. The zero-order valence-electron chi connectivity index (χ0n) is 30.4. The van der Waals surface area contributed by atoms with E-state index >= 15 is 0 Å². The molecule has 5 nitrogen and oxygen atoms in total. The molecule has 8 aromatic carbocycles. The zero-order chi connectivity index (χ0) is 37.2. The Morgan fingerprint density at radius 2 is 0.930 bits per heavy atom. The molecule has 0 saturated heterocycles. The van der Waals surface area contributed by atoms with Gasteiger partial charge in [0.15, 0.2) is 17.5 Å². The third kappa shape index (κ3) is 4.36. The SMILES string of the molecule is c1ccc(-c2nc(-c3ccccc3)nc(-c3cc(-n4c5ccccc5c5cc6c7cccc8c9ccccc9n(c6cc54)c87)cc4sc5ccccc5c34)n2)cc1. The second-order valence-corrected chi connectivity index (χ2v) is 15.9. The van der Waals surface area contributed by atoms with E-state index in [1.165, 1.54) is 63.7 Å². The van der Waals surface area contributed by atoms with E-state index in [4.69, 9.17) is 15.0 Å². The van der Waals surface area contributed by atoms with E-state index in [2.05, 4.69) is 148 Å². The summed E-state index contributed by atoms with van der Waals surface area (Å²) < 4.78 is 7.33. The Labute approximate surface area is 329 Å². The topological polar surface area (TPSA) is 48.0 Å². The van der Waals surface area contributed by atoms with E-state index in [1.54, 1.807) is 0 Å². The lowest BCUT2D eigenvalue weighted by atomic mass is 10.0.